The summed E-state index contributed by atoms with van der Waals surface area (Å²) in [5, 5.41) is 43.0. The van der Waals surface area contributed by atoms with Crippen molar-refractivity contribution in [1.29, 1.82) is 0 Å². The Kier molecular flexibility index (Phi) is 14.1. The summed E-state index contributed by atoms with van der Waals surface area (Å²) in [6.45, 7) is 5.34. The number of carbonyl (C=O) groups excluding carboxylic acids is 2. The number of hydrogen-bond acceptors (Lipinski definition) is 6. The first kappa shape index (κ1) is 38.1. The number of aliphatic hydroxyl groups is 3. The van der Waals surface area contributed by atoms with Crippen LogP contribution in [0.25, 0.3) is 22.4 Å². The molecule has 0 bridgehead atoms. The zero-order chi connectivity index (χ0) is 35.4. The summed E-state index contributed by atoms with van der Waals surface area (Å²) in [6.07, 6.45) is -2.77. The number of hydrogen-bond donors (Lipinski definition) is 4. The molecule has 4 aromatic rings. The highest BCUT2D eigenvalue weighted by molar-refractivity contribution is 6.12. The predicted octanol–water partition coefficient (Wildman–Crippen LogP) is 4.66. The van der Waals surface area contributed by atoms with Gasteiger partial charge in [0.05, 0.1) is 51.2 Å². The van der Waals surface area contributed by atoms with Gasteiger partial charge in [0.15, 0.2) is 0 Å². The number of benzene rings is 3. The largest absolute Gasteiger partial charge is 0.550 e. The lowest BCUT2D eigenvalue weighted by Gasteiger charge is -2.21. The number of carbonyl (C=O) groups is 2. The van der Waals surface area contributed by atoms with Crippen molar-refractivity contribution in [1.82, 2.24) is 4.57 Å². The van der Waals surface area contributed by atoms with Crippen LogP contribution < -0.4 is 10.4 Å². The van der Waals surface area contributed by atoms with E-state index in [-0.39, 0.29) is 37.8 Å². The van der Waals surface area contributed by atoms with Crippen LogP contribution in [0.1, 0.15) is 55.1 Å². The SMILES string of the molecule is CC(C)c1c(C(=O)Nc2ccccc2)c(-c2ccccc2)c(-c2ccc(F)cc2)n1CC[C@@H](O)C[C@@H](O)CC(=O)[O-].C[N+](C)(C)CCO. The van der Waals surface area contributed by atoms with Gasteiger partial charge in [-0.3, -0.25) is 4.79 Å². The van der Waals surface area contributed by atoms with Crippen LogP contribution in [0.15, 0.2) is 84.9 Å². The summed E-state index contributed by atoms with van der Waals surface area (Å²) in [4.78, 5) is 24.9. The number of aliphatic hydroxyl groups excluding tert-OH is 3. The molecule has 2 atom stereocenters. The minimum atomic E-state index is -1.39. The second kappa shape index (κ2) is 17.7. The number of carboxylic acids is 1. The Labute approximate surface area is 282 Å². The van der Waals surface area contributed by atoms with Crippen molar-refractivity contribution < 1.29 is 38.9 Å². The van der Waals surface area contributed by atoms with E-state index in [4.69, 9.17) is 5.11 Å². The maximum Gasteiger partial charge on any atom is 0.258 e. The van der Waals surface area contributed by atoms with E-state index in [9.17, 15) is 29.3 Å². The topological polar surface area (TPSA) is 135 Å². The molecule has 48 heavy (non-hydrogen) atoms. The summed E-state index contributed by atoms with van der Waals surface area (Å²) >= 11 is 0. The van der Waals surface area contributed by atoms with E-state index < -0.39 is 30.4 Å². The summed E-state index contributed by atoms with van der Waals surface area (Å²) in [5.41, 5.74) is 4.72. The lowest BCUT2D eigenvalue weighted by molar-refractivity contribution is -0.870. The molecule has 0 fully saturated rings. The molecule has 4 N–H and O–H groups in total. The summed E-state index contributed by atoms with van der Waals surface area (Å²) in [5.74, 6) is -2.20. The van der Waals surface area contributed by atoms with Crippen LogP contribution in [0.3, 0.4) is 0 Å². The molecule has 9 nitrogen and oxygen atoms in total. The molecule has 10 heteroatoms. The van der Waals surface area contributed by atoms with Gasteiger partial charge in [-0.2, -0.15) is 0 Å². The third kappa shape index (κ3) is 11.1. The first-order valence-corrected chi connectivity index (χ1v) is 16.1. The number of likely N-dealkylation sites (N-methyl/N-ethyl adjacent to an activating group) is 1. The second-order valence-corrected chi connectivity index (χ2v) is 13.1. The highest BCUT2D eigenvalue weighted by Gasteiger charge is 2.31. The van der Waals surface area contributed by atoms with Gasteiger partial charge >= 0.3 is 0 Å². The molecule has 1 amide bonds. The molecular weight excluding hydrogens is 613 g/mol. The van der Waals surface area contributed by atoms with Crippen LogP contribution in [0, 0.1) is 5.82 Å². The van der Waals surface area contributed by atoms with Crippen molar-refractivity contribution in [2.45, 2.75) is 57.8 Å². The van der Waals surface area contributed by atoms with Crippen molar-refractivity contribution in [3.8, 4) is 22.4 Å². The number of amides is 1. The van der Waals surface area contributed by atoms with Crippen LogP contribution in [-0.2, 0) is 11.3 Å². The van der Waals surface area contributed by atoms with Gasteiger partial charge in [0.1, 0.15) is 12.4 Å². The first-order chi connectivity index (χ1) is 22.7. The number of aliphatic carboxylic acids is 1. The number of nitrogens with zero attached hydrogens (tertiary/aromatic N) is 2. The van der Waals surface area contributed by atoms with E-state index in [0.717, 1.165) is 22.3 Å². The molecule has 0 saturated heterocycles. The van der Waals surface area contributed by atoms with Crippen molar-refractivity contribution in [3.63, 3.8) is 0 Å². The van der Waals surface area contributed by atoms with Crippen LogP contribution >= 0.6 is 0 Å². The molecule has 1 heterocycles. The van der Waals surface area contributed by atoms with Gasteiger partial charge in [-0.15, -0.1) is 0 Å². The zero-order valence-electron chi connectivity index (χ0n) is 28.4. The van der Waals surface area contributed by atoms with Crippen molar-refractivity contribution >= 4 is 17.6 Å². The van der Waals surface area contributed by atoms with E-state index >= 15 is 0 Å². The number of rotatable bonds is 14. The second-order valence-electron chi connectivity index (χ2n) is 13.1. The Balaban J connectivity index is 0.000000804. The fraction of sp³-hybridized carbons (Fsp3) is 0.368. The van der Waals surface area contributed by atoms with E-state index in [2.05, 4.69) is 26.5 Å². The van der Waals surface area contributed by atoms with Gasteiger partial charge in [0.25, 0.3) is 5.91 Å². The molecule has 0 spiro atoms. The fourth-order valence-corrected chi connectivity index (χ4v) is 5.49. The standard InChI is InChI=1S/C33H35FN2O5.C5H14NO/c1-21(2)31-30(33(41)35-25-11-7-4-8-12-25)29(22-9-5-3-6-10-22)32(23-13-15-24(34)16-14-23)36(31)18-17-26(37)19-27(38)20-28(39)40;1-6(2,3)4-5-7/h3-16,21,26-27,37-38H,17-20H2,1-2H3,(H,35,41)(H,39,40);7H,4-5H2,1-3H3/q;+1/p-1/t26-,27-;/m1./s1. The molecule has 0 aliphatic rings. The van der Waals surface area contributed by atoms with Gasteiger partial charge in [-0.05, 0) is 66.3 Å². The number of carboxylic acid groups (broad SMARTS) is 1. The predicted molar refractivity (Wildman–Crippen MR) is 185 cm³/mol. The van der Waals surface area contributed by atoms with Gasteiger partial charge in [-0.1, -0.05) is 62.4 Å². The molecule has 0 aliphatic heterocycles. The van der Waals surface area contributed by atoms with Gasteiger partial charge in [-0.25, -0.2) is 4.39 Å². The Morgan fingerprint density at radius 1 is 0.875 bits per heavy atom. The molecular formula is C38H48FN3O6. The van der Waals surface area contributed by atoms with E-state index in [1.807, 2.05) is 66.9 Å². The fourth-order valence-electron chi connectivity index (χ4n) is 5.49. The quantitative estimate of drug-likeness (QED) is 0.145. The first-order valence-electron chi connectivity index (χ1n) is 16.1. The van der Waals surface area contributed by atoms with E-state index in [0.29, 0.717) is 28.1 Å². The van der Waals surface area contributed by atoms with Crippen LogP contribution in [0.5, 0.6) is 0 Å². The summed E-state index contributed by atoms with van der Waals surface area (Å²) in [6, 6.07) is 24.7. The number of aromatic nitrogens is 1. The minimum Gasteiger partial charge on any atom is -0.550 e. The van der Waals surface area contributed by atoms with E-state index in [1.54, 1.807) is 24.3 Å². The highest BCUT2D eigenvalue weighted by Crippen LogP contribution is 2.42. The third-order valence-electron chi connectivity index (χ3n) is 7.69. The Morgan fingerprint density at radius 2 is 1.46 bits per heavy atom. The lowest BCUT2D eigenvalue weighted by Crippen LogP contribution is -2.36. The summed E-state index contributed by atoms with van der Waals surface area (Å²) in [7, 11) is 6.16. The zero-order valence-corrected chi connectivity index (χ0v) is 28.4. The smallest absolute Gasteiger partial charge is 0.258 e. The number of para-hydroxylation sites is 1. The van der Waals surface area contributed by atoms with Crippen LogP contribution in [-0.4, -0.2) is 82.7 Å². The minimum absolute atomic E-state index is 0.121. The molecule has 0 saturated carbocycles. The average Bonchev–Trinajstić information content (AvgIpc) is 3.36. The lowest BCUT2D eigenvalue weighted by atomic mass is 9.94. The molecule has 0 radical (unpaired) electrons. The maximum atomic E-state index is 14.0. The molecule has 4 rings (SSSR count). The number of nitrogens with one attached hydrogen (secondary N) is 1. The molecule has 0 aliphatic carbocycles. The Morgan fingerprint density at radius 3 is 1.96 bits per heavy atom. The van der Waals surface area contributed by atoms with Gasteiger partial charge < -0.3 is 39.6 Å². The Bertz CT molecular complexity index is 1600. The monoisotopic (exact) mass is 661 g/mol. The number of quaternary nitrogens is 1. The molecule has 258 valence electrons. The number of halogens is 1. The average molecular weight is 662 g/mol. The maximum absolute atomic E-state index is 14.0. The van der Waals surface area contributed by atoms with E-state index in [1.165, 1.54) is 12.1 Å². The Hall–Kier alpha value is -4.35. The number of anilines is 1. The van der Waals surface area contributed by atoms with Crippen LogP contribution in [0.4, 0.5) is 10.1 Å². The molecule has 0 unspecified atom stereocenters. The molecule has 3 aromatic carbocycles. The normalized spacial score (nSPS) is 12.6. The molecule has 1 aromatic heterocycles. The third-order valence-corrected chi connectivity index (χ3v) is 7.69. The van der Waals surface area contributed by atoms with Crippen molar-refractivity contribution in [2.75, 3.05) is 39.6 Å². The van der Waals surface area contributed by atoms with Crippen LogP contribution in [0.2, 0.25) is 0 Å². The summed E-state index contributed by atoms with van der Waals surface area (Å²) < 4.78 is 16.8. The van der Waals surface area contributed by atoms with Crippen molar-refractivity contribution in [3.05, 3.63) is 102 Å². The van der Waals surface area contributed by atoms with Gasteiger partial charge in [0, 0.05) is 35.9 Å². The highest BCUT2D eigenvalue weighted by atomic mass is 19.1. The van der Waals surface area contributed by atoms with Crippen molar-refractivity contribution in [2.24, 2.45) is 0 Å². The van der Waals surface area contributed by atoms with Gasteiger partial charge in [0.2, 0.25) is 0 Å².